The lowest BCUT2D eigenvalue weighted by Gasteiger charge is -2.08. The maximum Gasteiger partial charge on any atom is 0.407 e. The maximum atomic E-state index is 10.6. The fourth-order valence-electron chi connectivity index (χ4n) is 1.19. The second-order valence-electron chi connectivity index (χ2n) is 3.23. The fourth-order valence-corrected chi connectivity index (χ4v) is 1.19. The summed E-state index contributed by atoms with van der Waals surface area (Å²) in [5.41, 5.74) is 0. The molecule has 1 unspecified atom stereocenters. The molecule has 0 aromatic heterocycles. The van der Waals surface area contributed by atoms with Crippen molar-refractivity contribution in [2.24, 2.45) is 0 Å². The van der Waals surface area contributed by atoms with E-state index in [9.17, 15) is 4.79 Å². The highest BCUT2D eigenvalue weighted by Gasteiger charge is 2.21. The summed E-state index contributed by atoms with van der Waals surface area (Å²) < 4.78 is 10.2. The molecule has 0 aliphatic carbocycles. The number of cyclic esters (lactones) is 1. The van der Waals surface area contributed by atoms with Crippen molar-refractivity contribution in [3.63, 3.8) is 0 Å². The molecule has 82 valence electrons. The number of carbonyl (C=O) groups is 1. The average molecular weight is 202 g/mol. The summed E-state index contributed by atoms with van der Waals surface area (Å²) in [5, 5.41) is 5.79. The third kappa shape index (κ3) is 4.43. The third-order valence-electron chi connectivity index (χ3n) is 1.90. The van der Waals surface area contributed by atoms with Gasteiger partial charge in [0.2, 0.25) is 0 Å². The molecule has 0 bridgehead atoms. The van der Waals surface area contributed by atoms with Crippen LogP contribution in [0.25, 0.3) is 0 Å². The third-order valence-corrected chi connectivity index (χ3v) is 1.90. The van der Waals surface area contributed by atoms with Gasteiger partial charge in [-0.3, -0.25) is 0 Å². The van der Waals surface area contributed by atoms with E-state index in [1.807, 2.05) is 0 Å². The monoisotopic (exact) mass is 202 g/mol. The molecule has 0 radical (unpaired) electrons. The molecule has 1 rings (SSSR count). The van der Waals surface area contributed by atoms with E-state index in [0.717, 1.165) is 19.5 Å². The van der Waals surface area contributed by atoms with E-state index in [1.165, 1.54) is 0 Å². The Morgan fingerprint density at radius 3 is 3.14 bits per heavy atom. The number of hydrogen-bond acceptors (Lipinski definition) is 4. The van der Waals surface area contributed by atoms with E-state index in [-0.39, 0.29) is 12.2 Å². The number of alkyl carbamates (subject to hydrolysis) is 1. The highest BCUT2D eigenvalue weighted by molar-refractivity contribution is 5.69. The molecular weight excluding hydrogens is 184 g/mol. The van der Waals surface area contributed by atoms with E-state index in [0.29, 0.717) is 19.8 Å². The van der Waals surface area contributed by atoms with Gasteiger partial charge in [-0.2, -0.15) is 0 Å². The molecule has 0 saturated carbocycles. The predicted octanol–water partition coefficient (Wildman–Crippen LogP) is 0.111. The highest BCUT2D eigenvalue weighted by atomic mass is 16.6. The molecular formula is C9H18N2O3. The second-order valence-corrected chi connectivity index (χ2v) is 3.23. The molecule has 1 aliphatic rings. The number of ether oxygens (including phenoxy) is 2. The van der Waals surface area contributed by atoms with Gasteiger partial charge in [0.05, 0.1) is 19.8 Å². The largest absolute Gasteiger partial charge is 0.442 e. The molecule has 1 fully saturated rings. The van der Waals surface area contributed by atoms with Crippen molar-refractivity contribution in [2.75, 3.05) is 32.8 Å². The number of amides is 1. The average Bonchev–Trinajstić information content (AvgIpc) is 2.58. The zero-order valence-electron chi connectivity index (χ0n) is 8.54. The first kappa shape index (κ1) is 11.3. The Hall–Kier alpha value is -0.810. The second kappa shape index (κ2) is 6.62. The van der Waals surface area contributed by atoms with Crippen molar-refractivity contribution in [3.05, 3.63) is 0 Å². The van der Waals surface area contributed by atoms with E-state index in [1.54, 1.807) is 0 Å². The predicted molar refractivity (Wildman–Crippen MR) is 52.3 cm³/mol. The van der Waals surface area contributed by atoms with Crippen LogP contribution in [0.5, 0.6) is 0 Å². The van der Waals surface area contributed by atoms with E-state index >= 15 is 0 Å². The molecule has 5 nitrogen and oxygen atoms in total. The minimum absolute atomic E-state index is 0.117. The van der Waals surface area contributed by atoms with Crippen LogP contribution in [-0.4, -0.2) is 45.0 Å². The van der Waals surface area contributed by atoms with Gasteiger partial charge in [0.15, 0.2) is 0 Å². The lowest BCUT2D eigenvalue weighted by molar-refractivity contribution is 0.0472. The van der Waals surface area contributed by atoms with Gasteiger partial charge in [-0.05, 0) is 13.0 Å². The van der Waals surface area contributed by atoms with Gasteiger partial charge in [0.25, 0.3) is 0 Å². The zero-order chi connectivity index (χ0) is 10.2. The lowest BCUT2D eigenvalue weighted by atomic mass is 10.4. The molecule has 2 N–H and O–H groups in total. The van der Waals surface area contributed by atoms with E-state index < -0.39 is 0 Å². The van der Waals surface area contributed by atoms with Gasteiger partial charge in [-0.25, -0.2) is 4.79 Å². The first-order chi connectivity index (χ1) is 6.83. The number of hydrogen-bond donors (Lipinski definition) is 2. The minimum Gasteiger partial charge on any atom is -0.442 e. The van der Waals surface area contributed by atoms with Crippen LogP contribution in [0, 0.1) is 0 Å². The van der Waals surface area contributed by atoms with Crippen LogP contribution < -0.4 is 10.6 Å². The molecule has 1 amide bonds. The molecule has 1 heterocycles. The standard InChI is InChI=1S/C9H18N2O3/c1-2-3-10-4-5-13-7-8-6-11-9(12)14-8/h8,10H,2-7H2,1H3,(H,11,12). The summed E-state index contributed by atoms with van der Waals surface area (Å²) in [4.78, 5) is 10.6. The molecule has 0 aromatic rings. The van der Waals surface area contributed by atoms with Gasteiger partial charge in [-0.1, -0.05) is 6.92 Å². The normalized spacial score (nSPS) is 20.6. The zero-order valence-corrected chi connectivity index (χ0v) is 8.54. The van der Waals surface area contributed by atoms with Crippen LogP contribution in [0.15, 0.2) is 0 Å². The first-order valence-corrected chi connectivity index (χ1v) is 5.06. The Bertz CT molecular complexity index is 175. The van der Waals surface area contributed by atoms with Crippen molar-refractivity contribution in [3.8, 4) is 0 Å². The molecule has 0 spiro atoms. The van der Waals surface area contributed by atoms with Crippen LogP contribution >= 0.6 is 0 Å². The molecule has 14 heavy (non-hydrogen) atoms. The fraction of sp³-hybridized carbons (Fsp3) is 0.889. The van der Waals surface area contributed by atoms with Crippen molar-refractivity contribution < 1.29 is 14.3 Å². The van der Waals surface area contributed by atoms with Crippen molar-refractivity contribution in [1.29, 1.82) is 0 Å². The van der Waals surface area contributed by atoms with E-state index in [4.69, 9.17) is 9.47 Å². The van der Waals surface area contributed by atoms with Gasteiger partial charge in [0, 0.05) is 6.54 Å². The lowest BCUT2D eigenvalue weighted by Crippen LogP contribution is -2.25. The molecule has 1 saturated heterocycles. The molecule has 1 atom stereocenters. The van der Waals surface area contributed by atoms with Crippen LogP contribution in [0.3, 0.4) is 0 Å². The van der Waals surface area contributed by atoms with Crippen molar-refractivity contribution in [2.45, 2.75) is 19.4 Å². The molecule has 1 aliphatic heterocycles. The van der Waals surface area contributed by atoms with Crippen molar-refractivity contribution >= 4 is 6.09 Å². The smallest absolute Gasteiger partial charge is 0.407 e. The maximum absolute atomic E-state index is 10.6. The Labute approximate surface area is 84.1 Å². The number of rotatable bonds is 7. The summed E-state index contributed by atoms with van der Waals surface area (Å²) in [6, 6.07) is 0. The quantitative estimate of drug-likeness (QED) is 0.575. The van der Waals surface area contributed by atoms with Crippen LogP contribution in [-0.2, 0) is 9.47 Å². The van der Waals surface area contributed by atoms with Gasteiger partial charge < -0.3 is 20.1 Å². The Balaban J connectivity index is 1.86. The van der Waals surface area contributed by atoms with Crippen LogP contribution in [0.4, 0.5) is 4.79 Å². The van der Waals surface area contributed by atoms with Crippen LogP contribution in [0.1, 0.15) is 13.3 Å². The Morgan fingerprint density at radius 2 is 2.50 bits per heavy atom. The SMILES string of the molecule is CCCNCCOCC1CNC(=O)O1. The Morgan fingerprint density at radius 1 is 1.64 bits per heavy atom. The summed E-state index contributed by atoms with van der Waals surface area (Å²) in [6.07, 6.45) is 0.667. The highest BCUT2D eigenvalue weighted by Crippen LogP contribution is 1.99. The summed E-state index contributed by atoms with van der Waals surface area (Å²) in [7, 11) is 0. The summed E-state index contributed by atoms with van der Waals surface area (Å²) in [6.45, 7) is 5.69. The number of carbonyl (C=O) groups excluding carboxylic acids is 1. The first-order valence-electron chi connectivity index (χ1n) is 5.06. The Kier molecular flexibility index (Phi) is 5.32. The molecule has 0 aromatic carbocycles. The minimum atomic E-state index is -0.345. The topological polar surface area (TPSA) is 59.6 Å². The van der Waals surface area contributed by atoms with Gasteiger partial charge in [0.1, 0.15) is 6.10 Å². The molecule has 5 heteroatoms. The summed E-state index contributed by atoms with van der Waals surface area (Å²) in [5.74, 6) is 0. The van der Waals surface area contributed by atoms with Crippen LogP contribution in [0.2, 0.25) is 0 Å². The van der Waals surface area contributed by atoms with E-state index in [2.05, 4.69) is 17.6 Å². The van der Waals surface area contributed by atoms with Crippen molar-refractivity contribution in [1.82, 2.24) is 10.6 Å². The van der Waals surface area contributed by atoms with Gasteiger partial charge in [-0.15, -0.1) is 0 Å². The van der Waals surface area contributed by atoms with Gasteiger partial charge >= 0.3 is 6.09 Å². The summed E-state index contributed by atoms with van der Waals surface area (Å²) >= 11 is 0. The number of nitrogens with one attached hydrogen (secondary N) is 2.